The van der Waals surface area contributed by atoms with E-state index in [0.717, 1.165) is 0 Å². The van der Waals surface area contributed by atoms with Gasteiger partial charge in [0.15, 0.2) is 0 Å². The third kappa shape index (κ3) is 4.49. The molecule has 0 heterocycles. The number of sulfonamides is 1. The predicted octanol–water partition coefficient (Wildman–Crippen LogP) is 3.18. The number of hydrogen-bond donors (Lipinski definition) is 2. The van der Waals surface area contributed by atoms with Crippen LogP contribution in [0.2, 0.25) is 15.1 Å². The Morgan fingerprint density at radius 3 is 2.20 bits per heavy atom. The fourth-order valence-electron chi connectivity index (χ4n) is 1.54. The van der Waals surface area contributed by atoms with Gasteiger partial charge in [0.1, 0.15) is 4.90 Å². The molecule has 0 bridgehead atoms. The number of benzene rings is 1. The van der Waals surface area contributed by atoms with Gasteiger partial charge in [-0.1, -0.05) is 41.7 Å². The van der Waals surface area contributed by atoms with Crippen LogP contribution in [0.4, 0.5) is 0 Å². The van der Waals surface area contributed by atoms with Crippen LogP contribution >= 0.6 is 34.8 Å². The molecule has 5 nitrogen and oxygen atoms in total. The first kappa shape index (κ1) is 17.5. The van der Waals surface area contributed by atoms with Gasteiger partial charge in [0, 0.05) is 11.1 Å². The molecule has 0 radical (unpaired) electrons. The summed E-state index contributed by atoms with van der Waals surface area (Å²) >= 11 is 17.4. The molecule has 0 saturated heterocycles. The number of aliphatic carboxylic acids is 1. The van der Waals surface area contributed by atoms with E-state index in [9.17, 15) is 13.2 Å². The number of halogens is 3. The van der Waals surface area contributed by atoms with Crippen LogP contribution in [0.1, 0.15) is 19.8 Å². The second kappa shape index (κ2) is 6.95. The van der Waals surface area contributed by atoms with Crippen LogP contribution in [-0.4, -0.2) is 25.5 Å². The summed E-state index contributed by atoms with van der Waals surface area (Å²) in [7, 11) is -4.03. The quantitative estimate of drug-likeness (QED) is 0.816. The van der Waals surface area contributed by atoms with E-state index < -0.39 is 22.0 Å². The Kier molecular flexibility index (Phi) is 6.09. The summed E-state index contributed by atoms with van der Waals surface area (Å²) in [5.41, 5.74) is 0. The van der Waals surface area contributed by atoms with Crippen molar-refractivity contribution in [3.05, 3.63) is 27.2 Å². The largest absolute Gasteiger partial charge is 0.481 e. The molecule has 9 heteroatoms. The number of carboxylic acid groups (broad SMARTS) is 1. The summed E-state index contributed by atoms with van der Waals surface area (Å²) in [6.07, 6.45) is -0.0209. The van der Waals surface area contributed by atoms with E-state index in [1.165, 1.54) is 12.1 Å². The SMILES string of the molecule is CCC(CC(=O)O)NS(=O)(=O)c1c(Cl)cc(Cl)cc1Cl. The first-order valence-electron chi connectivity index (χ1n) is 5.56. The van der Waals surface area contributed by atoms with Crippen molar-refractivity contribution in [3.63, 3.8) is 0 Å². The second-order valence-electron chi connectivity index (χ2n) is 4.02. The Labute approximate surface area is 131 Å². The van der Waals surface area contributed by atoms with Gasteiger partial charge in [-0.25, -0.2) is 13.1 Å². The average molecular weight is 361 g/mol. The third-order valence-electron chi connectivity index (χ3n) is 2.47. The lowest BCUT2D eigenvalue weighted by Crippen LogP contribution is -2.36. The highest BCUT2D eigenvalue weighted by Crippen LogP contribution is 2.32. The monoisotopic (exact) mass is 359 g/mol. The maximum absolute atomic E-state index is 12.2. The van der Waals surface area contributed by atoms with Crippen LogP contribution in [0, 0.1) is 0 Å². The molecule has 0 amide bonds. The Morgan fingerprint density at radius 2 is 1.80 bits per heavy atom. The van der Waals surface area contributed by atoms with Gasteiger partial charge >= 0.3 is 5.97 Å². The van der Waals surface area contributed by atoms with Crippen molar-refractivity contribution in [3.8, 4) is 0 Å². The minimum atomic E-state index is -4.03. The van der Waals surface area contributed by atoms with Gasteiger partial charge in [-0.2, -0.15) is 0 Å². The molecule has 1 aromatic carbocycles. The van der Waals surface area contributed by atoms with E-state index >= 15 is 0 Å². The first-order valence-corrected chi connectivity index (χ1v) is 8.17. The highest BCUT2D eigenvalue weighted by molar-refractivity contribution is 7.89. The molecule has 1 atom stereocenters. The zero-order valence-corrected chi connectivity index (χ0v) is 13.4. The fraction of sp³-hybridized carbons (Fsp3) is 0.364. The minimum absolute atomic E-state index is 0.125. The Bertz CT molecular complexity index is 595. The summed E-state index contributed by atoms with van der Waals surface area (Å²) in [5.74, 6) is -1.10. The van der Waals surface area contributed by atoms with Gasteiger partial charge in [0.05, 0.1) is 16.5 Å². The third-order valence-corrected chi connectivity index (χ3v) is 5.13. The molecule has 1 rings (SSSR count). The second-order valence-corrected chi connectivity index (χ2v) is 6.92. The zero-order chi connectivity index (χ0) is 15.5. The summed E-state index contributed by atoms with van der Waals surface area (Å²) in [6, 6.07) is 1.75. The van der Waals surface area contributed by atoms with Crippen molar-refractivity contribution in [1.82, 2.24) is 4.72 Å². The highest BCUT2D eigenvalue weighted by atomic mass is 35.5. The summed E-state index contributed by atoms with van der Waals surface area (Å²) in [4.78, 5) is 10.4. The van der Waals surface area contributed by atoms with Gasteiger partial charge in [0.2, 0.25) is 10.0 Å². The van der Waals surface area contributed by atoms with Crippen LogP contribution in [0.3, 0.4) is 0 Å². The fourth-order valence-corrected chi connectivity index (χ4v) is 4.41. The van der Waals surface area contributed by atoms with Crippen molar-refractivity contribution in [2.24, 2.45) is 0 Å². The Hall–Kier alpha value is -0.530. The highest BCUT2D eigenvalue weighted by Gasteiger charge is 2.26. The van der Waals surface area contributed by atoms with Crippen LogP contribution in [0.15, 0.2) is 17.0 Å². The maximum Gasteiger partial charge on any atom is 0.304 e. The molecule has 1 aromatic rings. The lowest BCUT2D eigenvalue weighted by atomic mass is 10.2. The topological polar surface area (TPSA) is 83.5 Å². The molecule has 0 fully saturated rings. The minimum Gasteiger partial charge on any atom is -0.481 e. The van der Waals surface area contributed by atoms with Crippen molar-refractivity contribution in [1.29, 1.82) is 0 Å². The summed E-state index contributed by atoms with van der Waals surface area (Å²) in [6.45, 7) is 1.67. The van der Waals surface area contributed by atoms with Crippen molar-refractivity contribution in [2.45, 2.75) is 30.7 Å². The van der Waals surface area contributed by atoms with Gasteiger partial charge in [-0.05, 0) is 18.6 Å². The lowest BCUT2D eigenvalue weighted by molar-refractivity contribution is -0.137. The van der Waals surface area contributed by atoms with Crippen LogP contribution in [-0.2, 0) is 14.8 Å². The number of rotatable bonds is 6. The van der Waals surface area contributed by atoms with E-state index in [-0.39, 0.29) is 26.4 Å². The molecule has 0 aliphatic rings. The molecular formula is C11H12Cl3NO4S. The van der Waals surface area contributed by atoms with Crippen LogP contribution in [0.25, 0.3) is 0 Å². The van der Waals surface area contributed by atoms with E-state index in [0.29, 0.717) is 6.42 Å². The smallest absolute Gasteiger partial charge is 0.304 e. The van der Waals surface area contributed by atoms with E-state index in [1.54, 1.807) is 6.92 Å². The molecule has 0 aliphatic carbocycles. The number of nitrogens with one attached hydrogen (secondary N) is 1. The molecule has 1 unspecified atom stereocenters. The molecule has 0 aliphatic heterocycles. The van der Waals surface area contributed by atoms with Crippen molar-refractivity contribution >= 4 is 50.8 Å². The molecule has 0 aromatic heterocycles. The maximum atomic E-state index is 12.2. The van der Waals surface area contributed by atoms with Gasteiger partial charge < -0.3 is 5.11 Å². The molecular weight excluding hydrogens is 349 g/mol. The molecule has 0 saturated carbocycles. The lowest BCUT2D eigenvalue weighted by Gasteiger charge is -2.16. The first-order chi connectivity index (χ1) is 9.17. The molecule has 20 heavy (non-hydrogen) atoms. The van der Waals surface area contributed by atoms with E-state index in [4.69, 9.17) is 39.9 Å². The van der Waals surface area contributed by atoms with Gasteiger partial charge in [-0.3, -0.25) is 4.79 Å². The van der Waals surface area contributed by atoms with Crippen LogP contribution < -0.4 is 4.72 Å². The Morgan fingerprint density at radius 1 is 1.30 bits per heavy atom. The Balaban J connectivity index is 3.14. The van der Waals surface area contributed by atoms with Crippen molar-refractivity contribution < 1.29 is 18.3 Å². The number of hydrogen-bond acceptors (Lipinski definition) is 3. The van der Waals surface area contributed by atoms with Crippen LogP contribution in [0.5, 0.6) is 0 Å². The molecule has 0 spiro atoms. The van der Waals surface area contributed by atoms with Gasteiger partial charge in [0.25, 0.3) is 0 Å². The standard InChI is InChI=1S/C11H12Cl3NO4S/c1-2-7(5-10(16)17)15-20(18,19)11-8(13)3-6(12)4-9(11)14/h3-4,7,15H,2,5H2,1H3,(H,16,17). The summed E-state index contributed by atoms with van der Waals surface area (Å²) < 4.78 is 26.7. The van der Waals surface area contributed by atoms with Crippen molar-refractivity contribution in [2.75, 3.05) is 0 Å². The van der Waals surface area contributed by atoms with E-state index in [1.807, 2.05) is 0 Å². The number of carboxylic acids is 1. The van der Waals surface area contributed by atoms with E-state index in [2.05, 4.69) is 4.72 Å². The normalized spacial score (nSPS) is 13.2. The average Bonchev–Trinajstić information content (AvgIpc) is 2.24. The molecule has 2 N–H and O–H groups in total. The molecule has 112 valence electrons. The zero-order valence-electron chi connectivity index (χ0n) is 10.4. The predicted molar refractivity (Wildman–Crippen MR) is 78.1 cm³/mol. The summed E-state index contributed by atoms with van der Waals surface area (Å²) in [5, 5.41) is 8.68. The van der Waals surface area contributed by atoms with Gasteiger partial charge in [-0.15, -0.1) is 0 Å². The number of carbonyl (C=O) groups is 1.